The summed E-state index contributed by atoms with van der Waals surface area (Å²) in [6, 6.07) is 6.61. The molecule has 0 atom stereocenters. The standard InChI is InChI=1S/C17H17N5O4/c18-14-13(21-5-7-26-8-6-21)15(24)20-17-19-11(16(25)22(14)17)9-10-3-1-2-4-12(10)23/h1-4,9,23H,5-8,18H2,(H,19,20,24)/b11-9-. The third-order valence-electron chi connectivity index (χ3n) is 4.35. The maximum Gasteiger partial charge on any atom is 0.300 e. The Kier molecular flexibility index (Phi) is 3.85. The molecule has 2 aromatic heterocycles. The fourth-order valence-electron chi connectivity index (χ4n) is 3.06. The predicted molar refractivity (Wildman–Crippen MR) is 96.4 cm³/mol. The molecule has 9 nitrogen and oxygen atoms in total. The largest absolute Gasteiger partial charge is 0.507 e. The molecule has 9 heteroatoms. The Morgan fingerprint density at radius 1 is 1.23 bits per heavy atom. The molecule has 0 amide bonds. The molecule has 1 saturated heterocycles. The number of phenolic OH excluding ortho intramolecular Hbond substituents is 1. The van der Waals surface area contributed by atoms with Gasteiger partial charge in [0, 0.05) is 18.7 Å². The highest BCUT2D eigenvalue weighted by Crippen LogP contribution is 2.18. The molecule has 0 saturated carbocycles. The summed E-state index contributed by atoms with van der Waals surface area (Å²) in [7, 11) is 0. The van der Waals surface area contributed by atoms with Crippen LogP contribution in [0.3, 0.4) is 0 Å². The van der Waals surface area contributed by atoms with Gasteiger partial charge in [-0.1, -0.05) is 18.2 Å². The van der Waals surface area contributed by atoms with E-state index in [0.717, 1.165) is 0 Å². The molecule has 134 valence electrons. The number of nitrogen functional groups attached to an aromatic ring is 1. The minimum Gasteiger partial charge on any atom is -0.507 e. The summed E-state index contributed by atoms with van der Waals surface area (Å²) < 4.78 is 6.46. The third-order valence-corrected chi connectivity index (χ3v) is 4.35. The summed E-state index contributed by atoms with van der Waals surface area (Å²) >= 11 is 0. The van der Waals surface area contributed by atoms with E-state index in [1.165, 1.54) is 16.5 Å². The predicted octanol–water partition coefficient (Wildman–Crippen LogP) is -0.945. The first-order chi connectivity index (χ1) is 12.6. The number of aromatic amines is 1. The van der Waals surface area contributed by atoms with E-state index in [0.29, 0.717) is 31.9 Å². The number of rotatable bonds is 2. The highest BCUT2D eigenvalue weighted by molar-refractivity contribution is 5.66. The van der Waals surface area contributed by atoms with Crippen LogP contribution in [0, 0.1) is 0 Å². The molecule has 4 rings (SSSR count). The van der Waals surface area contributed by atoms with Gasteiger partial charge in [-0.3, -0.25) is 9.59 Å². The van der Waals surface area contributed by atoms with Crippen molar-refractivity contribution in [1.29, 1.82) is 0 Å². The maximum absolute atomic E-state index is 12.8. The summed E-state index contributed by atoms with van der Waals surface area (Å²) in [6.07, 6.45) is 1.49. The number of hydrogen-bond donors (Lipinski definition) is 3. The van der Waals surface area contributed by atoms with Gasteiger partial charge < -0.3 is 25.5 Å². The maximum atomic E-state index is 12.8. The Morgan fingerprint density at radius 2 is 1.96 bits per heavy atom. The van der Waals surface area contributed by atoms with Crippen LogP contribution in [-0.4, -0.2) is 45.8 Å². The van der Waals surface area contributed by atoms with Gasteiger partial charge >= 0.3 is 0 Å². The van der Waals surface area contributed by atoms with E-state index in [1.54, 1.807) is 23.1 Å². The number of nitrogens with zero attached hydrogens (tertiary/aromatic N) is 3. The molecule has 0 unspecified atom stereocenters. The van der Waals surface area contributed by atoms with E-state index in [2.05, 4.69) is 9.97 Å². The molecule has 0 spiro atoms. The zero-order valence-electron chi connectivity index (χ0n) is 13.8. The molecule has 4 N–H and O–H groups in total. The third kappa shape index (κ3) is 2.58. The topological polar surface area (TPSA) is 126 Å². The average molecular weight is 355 g/mol. The Labute approximate surface area is 147 Å². The van der Waals surface area contributed by atoms with Crippen molar-refractivity contribution in [2.45, 2.75) is 0 Å². The number of benzene rings is 1. The van der Waals surface area contributed by atoms with E-state index in [-0.39, 0.29) is 28.4 Å². The number of para-hydroxylation sites is 1. The molecule has 0 aliphatic carbocycles. The molecule has 1 aliphatic rings. The number of aromatic hydroxyl groups is 1. The van der Waals surface area contributed by atoms with E-state index < -0.39 is 11.1 Å². The van der Waals surface area contributed by atoms with Crippen LogP contribution in [0.4, 0.5) is 11.5 Å². The number of nitrogens with one attached hydrogen (secondary N) is 1. The van der Waals surface area contributed by atoms with Crippen LogP contribution in [0.1, 0.15) is 5.56 Å². The number of morpholine rings is 1. The number of aromatic nitrogens is 3. The second kappa shape index (κ2) is 6.19. The summed E-state index contributed by atoms with van der Waals surface area (Å²) in [5, 5.41) is 10.1. The van der Waals surface area contributed by atoms with Gasteiger partial charge in [-0.25, -0.2) is 4.40 Å². The van der Waals surface area contributed by atoms with E-state index in [9.17, 15) is 14.7 Å². The second-order valence-electron chi connectivity index (χ2n) is 5.96. The number of imidazole rings is 1. The highest BCUT2D eigenvalue weighted by atomic mass is 16.5. The quantitative estimate of drug-likeness (QED) is 0.541. The van der Waals surface area contributed by atoms with Gasteiger partial charge in [0.15, 0.2) is 0 Å². The summed E-state index contributed by atoms with van der Waals surface area (Å²) in [6.45, 7) is 1.96. The molecule has 1 fully saturated rings. The minimum atomic E-state index is -0.500. The van der Waals surface area contributed by atoms with E-state index in [1.807, 2.05) is 0 Å². The number of hydrogen-bond acceptors (Lipinski definition) is 7. The summed E-state index contributed by atoms with van der Waals surface area (Å²) in [5.41, 5.74) is 5.87. The molecule has 3 aromatic rings. The Bertz CT molecular complexity index is 1140. The van der Waals surface area contributed by atoms with Crippen LogP contribution in [0.5, 0.6) is 5.75 Å². The van der Waals surface area contributed by atoms with E-state index >= 15 is 0 Å². The van der Waals surface area contributed by atoms with Crippen molar-refractivity contribution in [3.63, 3.8) is 0 Å². The number of anilines is 2. The summed E-state index contributed by atoms with van der Waals surface area (Å²) in [4.78, 5) is 33.7. The Balaban J connectivity index is 1.94. The SMILES string of the molecule is Nc1c(N2CCOCC2)c(=O)nc2[nH]/c(=C\c3ccccc3O)c(=O)n12. The van der Waals surface area contributed by atoms with Crippen molar-refractivity contribution >= 4 is 23.4 Å². The van der Waals surface area contributed by atoms with Gasteiger partial charge in [0.1, 0.15) is 22.6 Å². The lowest BCUT2D eigenvalue weighted by atomic mass is 10.2. The molecule has 3 heterocycles. The fraction of sp³-hybridized carbons (Fsp3) is 0.235. The van der Waals surface area contributed by atoms with Crippen molar-refractivity contribution in [2.24, 2.45) is 0 Å². The molecule has 1 aromatic carbocycles. The van der Waals surface area contributed by atoms with Gasteiger partial charge in [0.2, 0.25) is 5.78 Å². The summed E-state index contributed by atoms with van der Waals surface area (Å²) in [5.74, 6) is 0.145. The lowest BCUT2D eigenvalue weighted by Crippen LogP contribution is -2.40. The zero-order chi connectivity index (χ0) is 18.3. The number of ether oxygens (including phenoxy) is 1. The Hall–Kier alpha value is -3.33. The van der Waals surface area contributed by atoms with Gasteiger partial charge in [-0.05, 0) is 12.1 Å². The number of nitrogens with two attached hydrogens (primary N) is 1. The van der Waals surface area contributed by atoms with Crippen molar-refractivity contribution < 1.29 is 9.84 Å². The molecule has 0 radical (unpaired) electrons. The molecule has 26 heavy (non-hydrogen) atoms. The average Bonchev–Trinajstić information content (AvgIpc) is 2.93. The number of phenols is 1. The fourth-order valence-corrected chi connectivity index (χ4v) is 3.06. The van der Waals surface area contributed by atoms with Crippen LogP contribution in [-0.2, 0) is 4.74 Å². The van der Waals surface area contributed by atoms with Crippen LogP contribution in [0.25, 0.3) is 11.9 Å². The first-order valence-corrected chi connectivity index (χ1v) is 8.13. The van der Waals surface area contributed by atoms with Gasteiger partial charge in [0.25, 0.3) is 11.1 Å². The number of fused-ring (bicyclic) bond motifs is 1. The van der Waals surface area contributed by atoms with Crippen molar-refractivity contribution in [1.82, 2.24) is 14.4 Å². The smallest absolute Gasteiger partial charge is 0.300 e. The second-order valence-corrected chi connectivity index (χ2v) is 5.96. The molecular weight excluding hydrogens is 338 g/mol. The van der Waals surface area contributed by atoms with Crippen LogP contribution < -0.4 is 27.1 Å². The Morgan fingerprint density at radius 3 is 2.69 bits per heavy atom. The van der Waals surface area contributed by atoms with Gasteiger partial charge in [-0.2, -0.15) is 4.98 Å². The van der Waals surface area contributed by atoms with Gasteiger partial charge in [-0.15, -0.1) is 0 Å². The molecular formula is C17H17N5O4. The van der Waals surface area contributed by atoms with Gasteiger partial charge in [0.05, 0.1) is 13.2 Å². The molecule has 1 aliphatic heterocycles. The van der Waals surface area contributed by atoms with Crippen molar-refractivity contribution in [3.8, 4) is 5.75 Å². The first-order valence-electron chi connectivity index (χ1n) is 8.13. The van der Waals surface area contributed by atoms with Crippen LogP contribution in [0.15, 0.2) is 33.9 Å². The lowest BCUT2D eigenvalue weighted by Gasteiger charge is -2.28. The van der Waals surface area contributed by atoms with Crippen LogP contribution >= 0.6 is 0 Å². The normalized spacial score (nSPS) is 15.7. The lowest BCUT2D eigenvalue weighted by molar-refractivity contribution is 0.122. The van der Waals surface area contributed by atoms with E-state index in [4.69, 9.17) is 10.5 Å². The van der Waals surface area contributed by atoms with Crippen molar-refractivity contribution in [2.75, 3.05) is 36.9 Å². The van der Waals surface area contributed by atoms with Crippen LogP contribution in [0.2, 0.25) is 0 Å². The highest BCUT2D eigenvalue weighted by Gasteiger charge is 2.21. The minimum absolute atomic E-state index is 0.0370. The number of H-pyrrole nitrogens is 1. The van der Waals surface area contributed by atoms with Crippen molar-refractivity contribution in [3.05, 3.63) is 55.9 Å². The molecule has 0 bridgehead atoms. The zero-order valence-corrected chi connectivity index (χ0v) is 13.8. The monoisotopic (exact) mass is 355 g/mol. The first kappa shape index (κ1) is 16.2.